The van der Waals surface area contributed by atoms with Crippen molar-refractivity contribution in [3.8, 4) is 5.75 Å². The van der Waals surface area contributed by atoms with Gasteiger partial charge in [-0.25, -0.2) is 0 Å². The molecule has 0 saturated carbocycles. The Morgan fingerprint density at radius 3 is 2.57 bits per heavy atom. The topological polar surface area (TPSA) is 71.2 Å². The van der Waals surface area contributed by atoms with Crippen LogP contribution in [0, 0.1) is 0 Å². The molecule has 9 heteroatoms. The number of halogens is 4. The molecule has 0 unspecified atom stereocenters. The predicted octanol–water partition coefficient (Wildman–Crippen LogP) is 3.31. The molecule has 0 atom stereocenters. The minimum absolute atomic E-state index is 0.00685. The van der Waals surface area contributed by atoms with Crippen molar-refractivity contribution in [1.82, 2.24) is 4.98 Å². The van der Waals surface area contributed by atoms with E-state index in [-0.39, 0.29) is 17.1 Å². The molecule has 0 fully saturated rings. The summed E-state index contributed by atoms with van der Waals surface area (Å²) in [6, 6.07) is 3.93. The number of H-pyrrole nitrogens is 1. The summed E-state index contributed by atoms with van der Waals surface area (Å²) in [5.41, 5.74) is -1.84. The highest BCUT2D eigenvalue weighted by Gasteiger charge is 2.33. The van der Waals surface area contributed by atoms with Crippen LogP contribution in [0.1, 0.15) is 16.1 Å². The van der Waals surface area contributed by atoms with E-state index in [0.29, 0.717) is 6.07 Å². The Hall–Kier alpha value is -2.48. The number of carbonyl (C=O) groups is 1. The SMILES string of the molecule is COc1c[nH]c(C(=O)Nc2ccc(Cl)c(C(F)(F)F)c2)cc1=O. The third-order valence-corrected chi connectivity index (χ3v) is 3.20. The molecule has 0 spiro atoms. The number of nitrogens with one attached hydrogen (secondary N) is 2. The molecular formula is C14H10ClF3N2O3. The van der Waals surface area contributed by atoms with Crippen molar-refractivity contribution in [3.63, 3.8) is 0 Å². The summed E-state index contributed by atoms with van der Waals surface area (Å²) in [5, 5.41) is 1.78. The molecule has 2 aromatic rings. The van der Waals surface area contributed by atoms with E-state index in [2.05, 4.69) is 10.3 Å². The monoisotopic (exact) mass is 346 g/mol. The molecule has 0 aliphatic carbocycles. The summed E-state index contributed by atoms with van der Waals surface area (Å²) in [6.45, 7) is 0. The predicted molar refractivity (Wildman–Crippen MR) is 78.0 cm³/mol. The van der Waals surface area contributed by atoms with Gasteiger partial charge in [-0.1, -0.05) is 11.6 Å². The summed E-state index contributed by atoms with van der Waals surface area (Å²) < 4.78 is 43.0. The first-order valence-corrected chi connectivity index (χ1v) is 6.55. The third kappa shape index (κ3) is 3.84. The van der Waals surface area contributed by atoms with E-state index in [1.54, 1.807) is 0 Å². The molecule has 2 N–H and O–H groups in total. The van der Waals surface area contributed by atoms with Gasteiger partial charge in [0.05, 0.1) is 17.7 Å². The van der Waals surface area contributed by atoms with Crippen LogP contribution in [0.4, 0.5) is 18.9 Å². The Labute approximate surface area is 133 Å². The fourth-order valence-electron chi connectivity index (χ4n) is 1.77. The Kier molecular flexibility index (Phi) is 4.65. The maximum atomic E-state index is 12.8. The molecule has 0 bridgehead atoms. The van der Waals surface area contributed by atoms with Crippen LogP contribution in [0.3, 0.4) is 0 Å². The highest BCUT2D eigenvalue weighted by atomic mass is 35.5. The van der Waals surface area contributed by atoms with Crippen molar-refractivity contribution in [2.24, 2.45) is 0 Å². The second-order valence-electron chi connectivity index (χ2n) is 4.43. The van der Waals surface area contributed by atoms with Crippen molar-refractivity contribution in [2.75, 3.05) is 12.4 Å². The molecule has 1 aromatic carbocycles. The molecule has 23 heavy (non-hydrogen) atoms. The van der Waals surface area contributed by atoms with Crippen LogP contribution < -0.4 is 15.5 Å². The van der Waals surface area contributed by atoms with Gasteiger partial charge >= 0.3 is 6.18 Å². The van der Waals surface area contributed by atoms with Crippen LogP contribution in [0.5, 0.6) is 5.75 Å². The number of alkyl halides is 3. The van der Waals surface area contributed by atoms with E-state index < -0.39 is 28.1 Å². The number of amides is 1. The summed E-state index contributed by atoms with van der Waals surface area (Å²) in [6.07, 6.45) is -3.47. The van der Waals surface area contributed by atoms with Crippen molar-refractivity contribution in [2.45, 2.75) is 6.18 Å². The lowest BCUT2D eigenvalue weighted by molar-refractivity contribution is -0.137. The summed E-state index contributed by atoms with van der Waals surface area (Å²) in [7, 11) is 1.29. The quantitative estimate of drug-likeness (QED) is 0.895. The van der Waals surface area contributed by atoms with E-state index in [0.717, 1.165) is 12.1 Å². The maximum Gasteiger partial charge on any atom is 0.417 e. The molecule has 1 aromatic heterocycles. The van der Waals surface area contributed by atoms with Crippen molar-refractivity contribution in [1.29, 1.82) is 0 Å². The van der Waals surface area contributed by atoms with Gasteiger partial charge < -0.3 is 15.0 Å². The number of carbonyl (C=O) groups excluding carboxylic acids is 1. The van der Waals surface area contributed by atoms with Gasteiger partial charge in [0.25, 0.3) is 5.91 Å². The van der Waals surface area contributed by atoms with E-state index in [1.807, 2.05) is 0 Å². The maximum absolute atomic E-state index is 12.8. The van der Waals surface area contributed by atoms with E-state index >= 15 is 0 Å². The number of pyridine rings is 1. The number of methoxy groups -OCH3 is 1. The number of anilines is 1. The van der Waals surface area contributed by atoms with Crippen LogP contribution in [0.25, 0.3) is 0 Å². The standard InChI is InChI=1S/C14H10ClF3N2O3/c1-23-12-6-19-10(5-11(12)21)13(22)20-7-2-3-9(15)8(4-7)14(16,17)18/h2-6H,1H3,(H,19,21)(H,20,22). The number of ether oxygens (including phenoxy) is 1. The average molecular weight is 347 g/mol. The van der Waals surface area contributed by atoms with Gasteiger partial charge in [0, 0.05) is 18.0 Å². The second kappa shape index (κ2) is 6.33. The van der Waals surface area contributed by atoms with Crippen LogP contribution in [0.15, 0.2) is 35.3 Å². The highest BCUT2D eigenvalue weighted by Crippen LogP contribution is 2.36. The largest absolute Gasteiger partial charge is 0.491 e. The lowest BCUT2D eigenvalue weighted by Gasteiger charge is -2.11. The lowest BCUT2D eigenvalue weighted by atomic mass is 10.2. The van der Waals surface area contributed by atoms with E-state index in [1.165, 1.54) is 19.4 Å². The molecule has 1 heterocycles. The van der Waals surface area contributed by atoms with Gasteiger partial charge in [-0.05, 0) is 18.2 Å². The summed E-state index contributed by atoms with van der Waals surface area (Å²) in [5.74, 6) is -0.771. The summed E-state index contributed by atoms with van der Waals surface area (Å²) in [4.78, 5) is 26.1. The zero-order chi connectivity index (χ0) is 17.2. The van der Waals surface area contributed by atoms with Crippen LogP contribution in [-0.2, 0) is 6.18 Å². The number of hydrogen-bond acceptors (Lipinski definition) is 3. The number of aromatic nitrogens is 1. The van der Waals surface area contributed by atoms with Crippen molar-refractivity contribution >= 4 is 23.2 Å². The Balaban J connectivity index is 2.27. The fraction of sp³-hybridized carbons (Fsp3) is 0.143. The van der Waals surface area contributed by atoms with Crippen molar-refractivity contribution < 1.29 is 22.7 Å². The fourth-order valence-corrected chi connectivity index (χ4v) is 1.99. The normalized spacial score (nSPS) is 11.2. The minimum Gasteiger partial charge on any atom is -0.491 e. The van der Waals surface area contributed by atoms with Gasteiger partial charge in [0.1, 0.15) is 5.69 Å². The minimum atomic E-state index is -4.65. The van der Waals surface area contributed by atoms with Crippen molar-refractivity contribution in [3.05, 3.63) is 57.0 Å². The smallest absolute Gasteiger partial charge is 0.417 e. The zero-order valence-electron chi connectivity index (χ0n) is 11.6. The Morgan fingerprint density at radius 1 is 1.30 bits per heavy atom. The molecule has 5 nitrogen and oxygen atoms in total. The van der Waals surface area contributed by atoms with Gasteiger partial charge in [-0.15, -0.1) is 0 Å². The first-order valence-electron chi connectivity index (χ1n) is 6.17. The Bertz CT molecular complexity index is 803. The van der Waals surface area contributed by atoms with Crippen LogP contribution >= 0.6 is 11.6 Å². The van der Waals surface area contributed by atoms with Gasteiger partial charge in [-0.2, -0.15) is 13.2 Å². The van der Waals surface area contributed by atoms with Gasteiger partial charge in [-0.3, -0.25) is 9.59 Å². The van der Waals surface area contributed by atoms with E-state index in [4.69, 9.17) is 16.3 Å². The first kappa shape index (κ1) is 16.9. The molecule has 0 saturated heterocycles. The number of benzene rings is 1. The van der Waals surface area contributed by atoms with Gasteiger partial charge in [0.15, 0.2) is 5.75 Å². The number of aromatic amines is 1. The number of rotatable bonds is 3. The molecular weight excluding hydrogens is 337 g/mol. The van der Waals surface area contributed by atoms with Crippen LogP contribution in [-0.4, -0.2) is 18.0 Å². The highest BCUT2D eigenvalue weighted by molar-refractivity contribution is 6.31. The van der Waals surface area contributed by atoms with E-state index in [9.17, 15) is 22.8 Å². The molecule has 122 valence electrons. The molecule has 1 amide bonds. The molecule has 0 radical (unpaired) electrons. The van der Waals surface area contributed by atoms with Gasteiger partial charge in [0.2, 0.25) is 5.43 Å². The Morgan fingerprint density at radius 2 is 2.00 bits per heavy atom. The molecule has 2 rings (SSSR count). The molecule has 0 aliphatic heterocycles. The van der Waals surface area contributed by atoms with Crippen LogP contribution in [0.2, 0.25) is 5.02 Å². The second-order valence-corrected chi connectivity index (χ2v) is 4.83. The third-order valence-electron chi connectivity index (χ3n) is 2.87. The zero-order valence-corrected chi connectivity index (χ0v) is 12.4. The molecule has 0 aliphatic rings. The first-order chi connectivity index (χ1) is 10.7. The lowest BCUT2D eigenvalue weighted by Crippen LogP contribution is -2.18. The number of hydrogen-bond donors (Lipinski definition) is 2. The summed E-state index contributed by atoms with van der Waals surface area (Å²) >= 11 is 5.49. The average Bonchev–Trinajstić information content (AvgIpc) is 2.48.